The van der Waals surface area contributed by atoms with Gasteiger partial charge in [-0.3, -0.25) is 0 Å². The van der Waals surface area contributed by atoms with Gasteiger partial charge in [0, 0.05) is 11.9 Å². The third kappa shape index (κ3) is 4.44. The van der Waals surface area contributed by atoms with Crippen LogP contribution in [0.3, 0.4) is 0 Å². The minimum absolute atomic E-state index is 0.0121. The molecule has 2 heterocycles. The quantitative estimate of drug-likeness (QED) is 0.655. The number of aliphatic hydroxyl groups excluding tert-OH is 1. The molecule has 6 heteroatoms. The van der Waals surface area contributed by atoms with E-state index in [1.807, 2.05) is 48.7 Å². The second kappa shape index (κ2) is 8.10. The van der Waals surface area contributed by atoms with Crippen molar-refractivity contribution in [1.82, 2.24) is 10.3 Å². The van der Waals surface area contributed by atoms with E-state index in [4.69, 9.17) is 9.15 Å². The summed E-state index contributed by atoms with van der Waals surface area (Å²) in [5.74, 6) is 1.55. The Morgan fingerprint density at radius 3 is 2.75 bits per heavy atom. The van der Waals surface area contributed by atoms with Gasteiger partial charge < -0.3 is 19.6 Å². The zero-order chi connectivity index (χ0) is 16.8. The molecule has 1 aromatic carbocycles. The number of nitrogens with zero attached hydrogens (tertiary/aromatic N) is 1. The molecule has 2 N–H and O–H groups in total. The molecule has 24 heavy (non-hydrogen) atoms. The van der Waals surface area contributed by atoms with Gasteiger partial charge in [-0.05, 0) is 36.8 Å². The van der Waals surface area contributed by atoms with Crippen LogP contribution >= 0.6 is 11.3 Å². The van der Waals surface area contributed by atoms with Crippen LogP contribution < -0.4 is 10.1 Å². The smallest absolute Gasteiger partial charge is 0.131 e. The number of nitrogens with one attached hydrogen (secondary N) is 1. The monoisotopic (exact) mass is 344 g/mol. The van der Waals surface area contributed by atoms with Crippen molar-refractivity contribution in [2.45, 2.75) is 26.1 Å². The summed E-state index contributed by atoms with van der Waals surface area (Å²) in [4.78, 5) is 4.38. The number of furan rings is 1. The van der Waals surface area contributed by atoms with Gasteiger partial charge in [-0.1, -0.05) is 12.1 Å². The Morgan fingerprint density at radius 1 is 1.29 bits per heavy atom. The molecule has 3 aromatic rings. The van der Waals surface area contributed by atoms with E-state index in [1.165, 1.54) is 0 Å². The number of thiazole rings is 1. The van der Waals surface area contributed by atoms with Crippen LogP contribution in [0.15, 0.2) is 52.5 Å². The van der Waals surface area contributed by atoms with Gasteiger partial charge in [0.2, 0.25) is 0 Å². The molecule has 0 aliphatic heterocycles. The van der Waals surface area contributed by atoms with E-state index in [1.54, 1.807) is 17.6 Å². The van der Waals surface area contributed by atoms with Crippen LogP contribution in [0.1, 0.15) is 28.1 Å². The molecule has 0 radical (unpaired) electrons. The zero-order valence-electron chi connectivity index (χ0n) is 13.4. The van der Waals surface area contributed by atoms with Crippen LogP contribution in [0.25, 0.3) is 0 Å². The van der Waals surface area contributed by atoms with Gasteiger partial charge >= 0.3 is 0 Å². The summed E-state index contributed by atoms with van der Waals surface area (Å²) < 4.78 is 11.1. The highest BCUT2D eigenvalue weighted by Crippen LogP contribution is 2.17. The molecule has 0 saturated carbocycles. The lowest BCUT2D eigenvalue weighted by molar-refractivity contribution is 0.225. The number of hydrogen-bond acceptors (Lipinski definition) is 6. The summed E-state index contributed by atoms with van der Waals surface area (Å²) in [6.45, 7) is 3.09. The van der Waals surface area contributed by atoms with Gasteiger partial charge in [-0.2, -0.15) is 0 Å². The average molecular weight is 344 g/mol. The van der Waals surface area contributed by atoms with E-state index in [2.05, 4.69) is 10.3 Å². The fourth-order valence-electron chi connectivity index (χ4n) is 2.32. The topological polar surface area (TPSA) is 67.5 Å². The van der Waals surface area contributed by atoms with Crippen molar-refractivity contribution in [3.8, 4) is 5.75 Å². The third-order valence-corrected chi connectivity index (χ3v) is 4.42. The first kappa shape index (κ1) is 16.7. The Kier molecular flexibility index (Phi) is 5.63. The van der Waals surface area contributed by atoms with Crippen LogP contribution in [0.4, 0.5) is 0 Å². The Hall–Kier alpha value is -2.15. The van der Waals surface area contributed by atoms with E-state index in [9.17, 15) is 5.11 Å². The summed E-state index contributed by atoms with van der Waals surface area (Å²) in [6, 6.07) is 11.4. The average Bonchev–Trinajstić information content (AvgIpc) is 3.27. The molecule has 0 fully saturated rings. The van der Waals surface area contributed by atoms with Gasteiger partial charge in [0.1, 0.15) is 18.1 Å². The van der Waals surface area contributed by atoms with Gasteiger partial charge in [0.25, 0.3) is 0 Å². The summed E-state index contributed by atoms with van der Waals surface area (Å²) in [5.41, 5.74) is 2.06. The standard InChI is InChI=1S/C18H20N2O3S/c1-13-20-15(12-24-13)11-23-16-6-4-14(5-7-16)9-19-17(10-21)18-3-2-8-22-18/h2-8,12,17,19,21H,9-11H2,1H3. The lowest BCUT2D eigenvalue weighted by atomic mass is 10.2. The number of aromatic nitrogens is 1. The fourth-order valence-corrected chi connectivity index (χ4v) is 2.92. The highest BCUT2D eigenvalue weighted by Gasteiger charge is 2.12. The van der Waals surface area contributed by atoms with Crippen molar-refractivity contribution in [2.24, 2.45) is 0 Å². The molecule has 1 unspecified atom stereocenters. The molecule has 0 aliphatic rings. The Labute approximate surface area is 144 Å². The molecule has 0 aliphatic carbocycles. The van der Waals surface area contributed by atoms with Gasteiger partial charge in [0.05, 0.1) is 29.6 Å². The molecule has 0 spiro atoms. The van der Waals surface area contributed by atoms with Crippen molar-refractivity contribution in [2.75, 3.05) is 6.61 Å². The molecule has 0 bridgehead atoms. The van der Waals surface area contributed by atoms with Crippen molar-refractivity contribution in [1.29, 1.82) is 0 Å². The summed E-state index contributed by atoms with van der Waals surface area (Å²) in [7, 11) is 0. The predicted molar refractivity (Wildman–Crippen MR) is 93.0 cm³/mol. The first-order chi connectivity index (χ1) is 11.7. The van der Waals surface area contributed by atoms with E-state index >= 15 is 0 Å². The Morgan fingerprint density at radius 2 is 2.12 bits per heavy atom. The maximum absolute atomic E-state index is 9.45. The molecule has 3 rings (SSSR count). The van der Waals surface area contributed by atoms with Crippen molar-refractivity contribution >= 4 is 11.3 Å². The second-order valence-corrected chi connectivity index (χ2v) is 6.48. The summed E-state index contributed by atoms with van der Waals surface area (Å²) >= 11 is 1.62. The molecule has 0 saturated heterocycles. The first-order valence-electron chi connectivity index (χ1n) is 7.75. The number of hydrogen-bond donors (Lipinski definition) is 2. The Bertz CT molecular complexity index is 738. The first-order valence-corrected chi connectivity index (χ1v) is 8.63. The summed E-state index contributed by atoms with van der Waals surface area (Å²) in [5, 5.41) is 15.8. The van der Waals surface area contributed by atoms with Gasteiger partial charge in [0.15, 0.2) is 0 Å². The highest BCUT2D eigenvalue weighted by atomic mass is 32.1. The fraction of sp³-hybridized carbons (Fsp3) is 0.278. The maximum atomic E-state index is 9.45. The van der Waals surface area contributed by atoms with Gasteiger partial charge in [-0.25, -0.2) is 4.98 Å². The van der Waals surface area contributed by atoms with Crippen LogP contribution in [-0.2, 0) is 13.2 Å². The number of aliphatic hydroxyl groups is 1. The lowest BCUT2D eigenvalue weighted by Crippen LogP contribution is -2.23. The van der Waals surface area contributed by atoms with E-state index in [0.717, 1.165) is 27.8 Å². The van der Waals surface area contributed by atoms with Crippen LogP contribution in [0, 0.1) is 6.92 Å². The van der Waals surface area contributed by atoms with E-state index in [0.29, 0.717) is 13.2 Å². The van der Waals surface area contributed by atoms with Crippen molar-refractivity contribution in [3.05, 3.63) is 70.1 Å². The number of benzene rings is 1. The van der Waals surface area contributed by atoms with Crippen LogP contribution in [-0.4, -0.2) is 16.7 Å². The third-order valence-electron chi connectivity index (χ3n) is 3.60. The molecular weight excluding hydrogens is 324 g/mol. The van der Waals surface area contributed by atoms with Crippen molar-refractivity contribution < 1.29 is 14.3 Å². The maximum Gasteiger partial charge on any atom is 0.131 e. The molecule has 5 nitrogen and oxygen atoms in total. The predicted octanol–water partition coefficient (Wildman–Crippen LogP) is 3.45. The van der Waals surface area contributed by atoms with Crippen LogP contribution in [0.2, 0.25) is 0 Å². The number of aryl methyl sites for hydroxylation is 1. The molecule has 2 aromatic heterocycles. The molecular formula is C18H20N2O3S. The van der Waals surface area contributed by atoms with Crippen molar-refractivity contribution in [3.63, 3.8) is 0 Å². The molecule has 0 amide bonds. The number of ether oxygens (including phenoxy) is 1. The van der Waals surface area contributed by atoms with E-state index in [-0.39, 0.29) is 12.6 Å². The lowest BCUT2D eigenvalue weighted by Gasteiger charge is -2.14. The minimum Gasteiger partial charge on any atom is -0.487 e. The summed E-state index contributed by atoms with van der Waals surface area (Å²) in [6.07, 6.45) is 1.61. The second-order valence-electron chi connectivity index (χ2n) is 5.42. The Balaban J connectivity index is 1.50. The van der Waals surface area contributed by atoms with E-state index < -0.39 is 0 Å². The molecule has 126 valence electrons. The van der Waals surface area contributed by atoms with Crippen LogP contribution in [0.5, 0.6) is 5.75 Å². The zero-order valence-corrected chi connectivity index (χ0v) is 14.3. The van der Waals surface area contributed by atoms with Gasteiger partial charge in [-0.15, -0.1) is 11.3 Å². The number of rotatable bonds is 8. The SMILES string of the molecule is Cc1nc(COc2ccc(CNC(CO)c3ccco3)cc2)cs1. The minimum atomic E-state index is -0.205. The largest absolute Gasteiger partial charge is 0.487 e. The normalized spacial score (nSPS) is 12.2. The highest BCUT2D eigenvalue weighted by molar-refractivity contribution is 7.09. The molecule has 1 atom stereocenters.